The van der Waals surface area contributed by atoms with E-state index in [1.165, 1.54) is 44.5 Å². The first-order chi connectivity index (χ1) is 31.6. The molecule has 5 aliphatic rings. The zero-order valence-corrected chi connectivity index (χ0v) is 41.7. The van der Waals surface area contributed by atoms with Gasteiger partial charge in [-0.2, -0.15) is 0 Å². The number of fused-ring (bicyclic) bond motifs is 11. The molecule has 5 aromatic carbocycles. The van der Waals surface area contributed by atoms with E-state index in [1.54, 1.807) is 0 Å². The molecule has 5 aromatic rings. The fourth-order valence-electron chi connectivity index (χ4n) is 11.2. The van der Waals surface area contributed by atoms with Crippen LogP contribution >= 0.6 is 31.9 Å². The van der Waals surface area contributed by atoms with Crippen molar-refractivity contribution < 1.29 is 18.9 Å². The molecule has 0 amide bonds. The molecule has 2 aliphatic heterocycles. The maximum absolute atomic E-state index is 7.23. The first-order valence-corrected chi connectivity index (χ1v) is 25.6. The van der Waals surface area contributed by atoms with Crippen LogP contribution in [0.5, 0.6) is 11.5 Å². The molecule has 1 spiro atoms. The first kappa shape index (κ1) is 44.2. The third-order valence-electron chi connectivity index (χ3n) is 15.3. The highest BCUT2D eigenvalue weighted by atomic mass is 79.9. The van der Waals surface area contributed by atoms with Crippen LogP contribution in [0.15, 0.2) is 123 Å². The minimum atomic E-state index is -0.624. The predicted octanol–water partition coefficient (Wildman–Crippen LogP) is 16.0. The van der Waals surface area contributed by atoms with Crippen LogP contribution in [0.1, 0.15) is 118 Å². The van der Waals surface area contributed by atoms with Gasteiger partial charge >= 0.3 is 0 Å². The van der Waals surface area contributed by atoms with Gasteiger partial charge in [-0.15, -0.1) is 0 Å². The topological polar surface area (TPSA) is 36.9 Å². The van der Waals surface area contributed by atoms with E-state index in [0.717, 1.165) is 80.6 Å². The van der Waals surface area contributed by atoms with E-state index < -0.39 is 5.41 Å². The zero-order valence-electron chi connectivity index (χ0n) is 38.5. The van der Waals surface area contributed by atoms with E-state index in [0.29, 0.717) is 36.9 Å². The highest BCUT2D eigenvalue weighted by molar-refractivity contribution is 9.10. The Balaban J connectivity index is 1.21. The molecule has 7 unspecified atom stereocenters. The number of hydrogen-bond donors (Lipinski definition) is 0. The molecule has 334 valence electrons. The van der Waals surface area contributed by atoms with Crippen molar-refractivity contribution in [3.05, 3.63) is 168 Å². The Kier molecular flexibility index (Phi) is 12.4. The maximum Gasteiger partial charge on any atom is 0.162 e. The van der Waals surface area contributed by atoms with Crippen LogP contribution in [0.3, 0.4) is 0 Å². The first-order valence-electron chi connectivity index (χ1n) is 24.0. The van der Waals surface area contributed by atoms with Gasteiger partial charge in [0.05, 0.1) is 18.6 Å². The molecule has 0 bridgehead atoms. The van der Waals surface area contributed by atoms with Gasteiger partial charge in [0.2, 0.25) is 0 Å². The highest BCUT2D eigenvalue weighted by Gasteiger charge is 2.56. The third-order valence-corrected chi connectivity index (χ3v) is 16.4. The molecule has 2 heterocycles. The van der Waals surface area contributed by atoms with Gasteiger partial charge in [-0.3, -0.25) is 0 Å². The summed E-state index contributed by atoms with van der Waals surface area (Å²) < 4.78 is 30.5. The molecular weight excluding hydrogens is 932 g/mol. The van der Waals surface area contributed by atoms with E-state index in [4.69, 9.17) is 18.9 Å². The lowest BCUT2D eigenvalue weighted by atomic mass is 9.67. The molecule has 65 heavy (non-hydrogen) atoms. The van der Waals surface area contributed by atoms with Crippen molar-refractivity contribution in [1.82, 2.24) is 0 Å². The molecule has 0 aromatic heterocycles. The quantitative estimate of drug-likeness (QED) is 0.131. The summed E-state index contributed by atoms with van der Waals surface area (Å²) in [4.78, 5) is 0. The largest absolute Gasteiger partial charge is 0.491 e. The molecule has 0 N–H and O–H groups in total. The van der Waals surface area contributed by atoms with Crippen molar-refractivity contribution in [2.75, 3.05) is 13.2 Å². The number of rotatable bonds is 10. The minimum absolute atomic E-state index is 0.0659. The number of ether oxygens (including phenoxy) is 4. The van der Waals surface area contributed by atoms with Gasteiger partial charge in [-0.1, -0.05) is 159 Å². The van der Waals surface area contributed by atoms with Gasteiger partial charge in [0, 0.05) is 27.2 Å². The van der Waals surface area contributed by atoms with Crippen molar-refractivity contribution in [3.8, 4) is 22.6 Å². The van der Waals surface area contributed by atoms with Crippen molar-refractivity contribution in [2.45, 2.75) is 97.4 Å². The molecule has 6 heteroatoms. The van der Waals surface area contributed by atoms with Crippen LogP contribution in [-0.2, 0) is 14.9 Å². The number of hydrogen-bond acceptors (Lipinski definition) is 4. The molecule has 10 rings (SSSR count). The average Bonchev–Trinajstić information content (AvgIpc) is 3.56. The Hall–Kier alpha value is -4.62. The summed E-state index contributed by atoms with van der Waals surface area (Å²) in [5.41, 5.74) is 14.1. The van der Waals surface area contributed by atoms with Crippen LogP contribution in [0.4, 0.5) is 0 Å². The van der Waals surface area contributed by atoms with E-state index in [2.05, 4.69) is 201 Å². The standard InChI is InChI=1S/C59H60Br2O4/c1-7-35(5)57-41(9-3)33-62-53-31-51-47(29-55(53)64-57)48-30-56-54(63-34-42(10-4)58(65-56)36(6)8-2)32-52(48)59(51)49-27-39(13-11-37-15-21-43(60)22-16-37)19-25-45(49)46-26-20-40(28-50(46)59)14-12-38-17-23-44(61)24-18-38/h11-31,35-36,41-42,54,57-58H,7-10,32-34H2,1-6H3/b13-11+,14-12+. The Morgan fingerprint density at radius 3 is 1.65 bits per heavy atom. The summed E-state index contributed by atoms with van der Waals surface area (Å²) in [7, 11) is 0. The molecular formula is C59H60Br2O4. The second-order valence-corrected chi connectivity index (χ2v) is 20.9. The Morgan fingerprint density at radius 2 is 1.09 bits per heavy atom. The normalized spacial score (nSPS) is 23.5. The van der Waals surface area contributed by atoms with Gasteiger partial charge < -0.3 is 18.9 Å². The van der Waals surface area contributed by atoms with Crippen LogP contribution in [0.25, 0.3) is 41.0 Å². The Morgan fingerprint density at radius 1 is 0.585 bits per heavy atom. The van der Waals surface area contributed by atoms with Crippen molar-refractivity contribution >= 4 is 61.7 Å². The fourth-order valence-corrected chi connectivity index (χ4v) is 11.7. The molecule has 0 saturated carbocycles. The number of allylic oxidation sites excluding steroid dienone is 2. The van der Waals surface area contributed by atoms with Crippen molar-refractivity contribution in [1.29, 1.82) is 0 Å². The second-order valence-electron chi connectivity index (χ2n) is 19.0. The lowest BCUT2D eigenvalue weighted by Crippen LogP contribution is -2.34. The molecule has 0 radical (unpaired) electrons. The van der Waals surface area contributed by atoms with Crippen molar-refractivity contribution in [2.24, 2.45) is 23.7 Å². The maximum atomic E-state index is 7.23. The summed E-state index contributed by atoms with van der Waals surface area (Å²) in [6.07, 6.45) is 16.1. The number of benzene rings is 5. The third kappa shape index (κ3) is 7.89. The van der Waals surface area contributed by atoms with Crippen LogP contribution in [0, 0.1) is 23.7 Å². The highest BCUT2D eigenvalue weighted by Crippen LogP contribution is 2.66. The lowest BCUT2D eigenvalue weighted by molar-refractivity contribution is 0.0261. The van der Waals surface area contributed by atoms with E-state index in [-0.39, 0.29) is 18.3 Å². The average molecular weight is 993 g/mol. The summed E-state index contributed by atoms with van der Waals surface area (Å²) in [5.74, 6) is 4.05. The van der Waals surface area contributed by atoms with Crippen LogP contribution in [-0.4, -0.2) is 31.5 Å². The Bertz CT molecular complexity index is 2620. The van der Waals surface area contributed by atoms with E-state index >= 15 is 0 Å². The second kappa shape index (κ2) is 18.2. The summed E-state index contributed by atoms with van der Waals surface area (Å²) in [6, 6.07) is 35.8. The zero-order chi connectivity index (χ0) is 45.0. The smallest absolute Gasteiger partial charge is 0.162 e. The van der Waals surface area contributed by atoms with E-state index in [9.17, 15) is 0 Å². The van der Waals surface area contributed by atoms with Gasteiger partial charge in [-0.25, -0.2) is 0 Å². The summed E-state index contributed by atoms with van der Waals surface area (Å²) in [6.45, 7) is 15.1. The van der Waals surface area contributed by atoms with E-state index in [1.807, 2.05) is 0 Å². The van der Waals surface area contributed by atoms with Crippen LogP contribution in [0.2, 0.25) is 0 Å². The van der Waals surface area contributed by atoms with Crippen molar-refractivity contribution in [3.63, 3.8) is 0 Å². The summed E-state index contributed by atoms with van der Waals surface area (Å²) >= 11 is 7.23. The van der Waals surface area contributed by atoms with Gasteiger partial charge in [0.25, 0.3) is 0 Å². The molecule has 4 nitrogen and oxygen atoms in total. The molecule has 3 aliphatic carbocycles. The fraction of sp³-hybridized carbons (Fsp3) is 0.356. The summed E-state index contributed by atoms with van der Waals surface area (Å²) in [5, 5.41) is 0. The van der Waals surface area contributed by atoms with Crippen LogP contribution < -0.4 is 9.47 Å². The monoisotopic (exact) mass is 990 g/mol. The molecule has 7 atom stereocenters. The van der Waals surface area contributed by atoms with Gasteiger partial charge in [0.15, 0.2) is 11.5 Å². The molecule has 1 fully saturated rings. The minimum Gasteiger partial charge on any atom is -0.491 e. The lowest BCUT2D eigenvalue weighted by Gasteiger charge is -2.36. The van der Waals surface area contributed by atoms with Gasteiger partial charge in [-0.05, 0) is 146 Å². The predicted molar refractivity (Wildman–Crippen MR) is 275 cm³/mol. The molecule has 1 saturated heterocycles. The number of halogens is 2. The van der Waals surface area contributed by atoms with Gasteiger partial charge in [0.1, 0.15) is 24.1 Å². The SMILES string of the molecule is CCC(C)C1OC2=CC3=C(CC2OCC1CC)C1(c2cc4c(cc23)OC(C(C)CC)C(CC)CO4)c2cc(/C=C/c3ccc(Br)cc3)ccc2-c2ccc(/C=C/c3ccc(Br)cc3)cc21. The Labute approximate surface area is 403 Å².